The molecule has 0 aliphatic carbocycles. The van der Waals surface area contributed by atoms with E-state index >= 15 is 0 Å². The fourth-order valence-electron chi connectivity index (χ4n) is 2.58. The first-order chi connectivity index (χ1) is 8.28. The Morgan fingerprint density at radius 2 is 2.24 bits per heavy atom. The molecule has 1 aromatic heterocycles. The predicted octanol–water partition coefficient (Wildman–Crippen LogP) is 2.28. The molecule has 94 valence electrons. The summed E-state index contributed by atoms with van der Waals surface area (Å²) < 4.78 is 5.52. The molecule has 0 bridgehead atoms. The van der Waals surface area contributed by atoms with Crippen LogP contribution in [0.4, 0.5) is 0 Å². The van der Waals surface area contributed by atoms with Gasteiger partial charge in [0.2, 0.25) is 5.89 Å². The Balaban J connectivity index is 1.78. The number of nitrogens with zero attached hydrogens (tertiary/aromatic N) is 2. The summed E-state index contributed by atoms with van der Waals surface area (Å²) in [5.74, 6) is 3.00. The summed E-state index contributed by atoms with van der Waals surface area (Å²) in [6, 6.07) is 0. The molecule has 0 amide bonds. The summed E-state index contributed by atoms with van der Waals surface area (Å²) in [6.45, 7) is 4.34. The molecule has 2 saturated heterocycles. The van der Waals surface area contributed by atoms with Crippen molar-refractivity contribution in [1.82, 2.24) is 15.5 Å². The highest BCUT2D eigenvalue weighted by molar-refractivity contribution is 7.99. The molecular formula is C12H19N3OS. The average Bonchev–Trinajstić information content (AvgIpc) is 3.01. The number of hydrogen-bond acceptors (Lipinski definition) is 5. The highest BCUT2D eigenvalue weighted by atomic mass is 32.2. The van der Waals surface area contributed by atoms with Gasteiger partial charge >= 0.3 is 0 Å². The number of aromatic nitrogens is 2. The largest absolute Gasteiger partial charge is 0.339 e. The van der Waals surface area contributed by atoms with Crippen molar-refractivity contribution in [3.63, 3.8) is 0 Å². The Morgan fingerprint density at radius 3 is 2.94 bits per heavy atom. The van der Waals surface area contributed by atoms with Gasteiger partial charge in [-0.2, -0.15) is 16.7 Å². The Hall–Kier alpha value is -0.550. The van der Waals surface area contributed by atoms with Gasteiger partial charge in [-0.25, -0.2) is 0 Å². The van der Waals surface area contributed by atoms with Gasteiger partial charge in [-0.15, -0.1) is 0 Å². The second kappa shape index (κ2) is 4.61. The number of rotatable bonds is 2. The van der Waals surface area contributed by atoms with Gasteiger partial charge in [0.05, 0.1) is 5.25 Å². The van der Waals surface area contributed by atoms with Crippen LogP contribution in [0.3, 0.4) is 0 Å². The third-order valence-electron chi connectivity index (χ3n) is 3.88. The van der Waals surface area contributed by atoms with Crippen molar-refractivity contribution in [2.75, 3.05) is 18.8 Å². The van der Waals surface area contributed by atoms with Gasteiger partial charge in [0.1, 0.15) is 0 Å². The van der Waals surface area contributed by atoms with Crippen molar-refractivity contribution in [2.45, 2.75) is 43.3 Å². The molecule has 5 heteroatoms. The van der Waals surface area contributed by atoms with E-state index in [0.717, 1.165) is 37.6 Å². The fourth-order valence-corrected chi connectivity index (χ4v) is 3.78. The fraction of sp³-hybridized carbons (Fsp3) is 0.833. The first kappa shape index (κ1) is 11.5. The van der Waals surface area contributed by atoms with Gasteiger partial charge in [0.15, 0.2) is 5.82 Å². The van der Waals surface area contributed by atoms with Crippen molar-refractivity contribution in [3.8, 4) is 0 Å². The van der Waals surface area contributed by atoms with Crippen LogP contribution in [-0.2, 0) is 5.41 Å². The molecule has 3 heterocycles. The maximum Gasteiger partial charge on any atom is 0.232 e. The lowest BCUT2D eigenvalue weighted by Gasteiger charge is -2.30. The third kappa shape index (κ3) is 2.22. The minimum atomic E-state index is 0.0831. The average molecular weight is 253 g/mol. The van der Waals surface area contributed by atoms with E-state index in [0.29, 0.717) is 5.25 Å². The summed E-state index contributed by atoms with van der Waals surface area (Å²) in [4.78, 5) is 4.66. The summed E-state index contributed by atoms with van der Waals surface area (Å²) >= 11 is 1.96. The van der Waals surface area contributed by atoms with Gasteiger partial charge in [0.25, 0.3) is 0 Å². The Bertz CT molecular complexity index is 381. The molecule has 0 radical (unpaired) electrons. The van der Waals surface area contributed by atoms with Crippen molar-refractivity contribution in [2.24, 2.45) is 0 Å². The maximum atomic E-state index is 5.52. The minimum absolute atomic E-state index is 0.0831. The van der Waals surface area contributed by atoms with Crippen LogP contribution in [0.25, 0.3) is 0 Å². The van der Waals surface area contributed by atoms with Crippen LogP contribution < -0.4 is 5.32 Å². The molecule has 0 aromatic carbocycles. The Morgan fingerprint density at radius 1 is 1.41 bits per heavy atom. The summed E-state index contributed by atoms with van der Waals surface area (Å²) in [5, 5.41) is 8.04. The van der Waals surface area contributed by atoms with Gasteiger partial charge in [-0.05, 0) is 44.5 Å². The van der Waals surface area contributed by atoms with Crippen LogP contribution in [0.2, 0.25) is 0 Å². The molecule has 0 saturated carbocycles. The lowest BCUT2D eigenvalue weighted by atomic mass is 9.81. The molecule has 2 fully saturated rings. The maximum absolute atomic E-state index is 5.52. The number of thioether (sulfide) groups is 1. The zero-order chi connectivity index (χ0) is 11.7. The standard InChI is InChI=1S/C12H19N3OS/c1-12(4-6-13-7-5-12)11-14-10(15-16-11)9-3-2-8-17-9/h9,13H,2-8H2,1H3. The summed E-state index contributed by atoms with van der Waals surface area (Å²) in [7, 11) is 0. The third-order valence-corrected chi connectivity index (χ3v) is 5.26. The van der Waals surface area contributed by atoms with Crippen LogP contribution >= 0.6 is 11.8 Å². The smallest absolute Gasteiger partial charge is 0.232 e. The van der Waals surface area contributed by atoms with Crippen LogP contribution in [0, 0.1) is 0 Å². The van der Waals surface area contributed by atoms with Crippen LogP contribution in [0.1, 0.15) is 49.6 Å². The predicted molar refractivity (Wildman–Crippen MR) is 68.2 cm³/mol. The molecule has 3 rings (SSSR count). The van der Waals surface area contributed by atoms with E-state index in [2.05, 4.69) is 22.4 Å². The number of piperidine rings is 1. The SMILES string of the molecule is CC1(c2nc(C3CCCS3)no2)CCNCC1. The molecule has 4 nitrogen and oxygen atoms in total. The molecular weight excluding hydrogens is 234 g/mol. The lowest BCUT2D eigenvalue weighted by Crippen LogP contribution is -2.37. The normalized spacial score (nSPS) is 28.4. The van der Waals surface area contributed by atoms with E-state index in [9.17, 15) is 0 Å². The lowest BCUT2D eigenvalue weighted by molar-refractivity contribution is 0.240. The zero-order valence-electron chi connectivity index (χ0n) is 10.2. The Kier molecular flexibility index (Phi) is 3.13. The minimum Gasteiger partial charge on any atom is -0.339 e. The van der Waals surface area contributed by atoms with E-state index in [-0.39, 0.29) is 5.41 Å². The molecule has 2 aliphatic heterocycles. The number of nitrogens with one attached hydrogen (secondary N) is 1. The molecule has 17 heavy (non-hydrogen) atoms. The van der Waals surface area contributed by atoms with Gasteiger partial charge in [-0.3, -0.25) is 0 Å². The van der Waals surface area contributed by atoms with Crippen LogP contribution in [-0.4, -0.2) is 29.0 Å². The van der Waals surface area contributed by atoms with Crippen molar-refractivity contribution >= 4 is 11.8 Å². The number of hydrogen-bond donors (Lipinski definition) is 1. The molecule has 0 spiro atoms. The monoisotopic (exact) mass is 253 g/mol. The van der Waals surface area contributed by atoms with Crippen molar-refractivity contribution in [1.29, 1.82) is 0 Å². The van der Waals surface area contributed by atoms with Crippen LogP contribution in [0.5, 0.6) is 0 Å². The first-order valence-corrected chi connectivity index (χ1v) is 7.49. The summed E-state index contributed by atoms with van der Waals surface area (Å²) in [5.41, 5.74) is 0.0831. The highest BCUT2D eigenvalue weighted by Gasteiger charge is 2.35. The molecule has 1 unspecified atom stereocenters. The van der Waals surface area contributed by atoms with Crippen LogP contribution in [0.15, 0.2) is 4.52 Å². The molecule has 2 aliphatic rings. The topological polar surface area (TPSA) is 51.0 Å². The zero-order valence-corrected chi connectivity index (χ0v) is 11.1. The van der Waals surface area contributed by atoms with E-state index in [1.165, 1.54) is 18.6 Å². The Labute approximate surface area is 106 Å². The second-order valence-electron chi connectivity index (χ2n) is 5.27. The quantitative estimate of drug-likeness (QED) is 0.876. The highest BCUT2D eigenvalue weighted by Crippen LogP contribution is 2.40. The molecule has 1 atom stereocenters. The molecule has 1 aromatic rings. The van der Waals surface area contributed by atoms with E-state index in [4.69, 9.17) is 4.52 Å². The second-order valence-corrected chi connectivity index (χ2v) is 6.58. The van der Waals surface area contributed by atoms with Gasteiger partial charge in [-0.1, -0.05) is 12.1 Å². The van der Waals surface area contributed by atoms with E-state index in [1.54, 1.807) is 0 Å². The first-order valence-electron chi connectivity index (χ1n) is 6.44. The van der Waals surface area contributed by atoms with E-state index in [1.807, 2.05) is 11.8 Å². The van der Waals surface area contributed by atoms with E-state index < -0.39 is 0 Å². The molecule has 1 N–H and O–H groups in total. The van der Waals surface area contributed by atoms with Gasteiger partial charge < -0.3 is 9.84 Å². The summed E-state index contributed by atoms with van der Waals surface area (Å²) in [6.07, 6.45) is 4.65. The van der Waals surface area contributed by atoms with Gasteiger partial charge in [0, 0.05) is 5.41 Å². The van der Waals surface area contributed by atoms with Crippen molar-refractivity contribution < 1.29 is 4.52 Å². The van der Waals surface area contributed by atoms with Crippen molar-refractivity contribution in [3.05, 3.63) is 11.7 Å².